The van der Waals surface area contributed by atoms with Gasteiger partial charge in [0, 0.05) is 21.8 Å². The number of benzene rings is 2. The molecule has 0 saturated carbocycles. The Labute approximate surface area is 180 Å². The zero-order chi connectivity index (χ0) is 21.0. The fourth-order valence-corrected chi connectivity index (χ4v) is 3.80. The molecule has 8 heteroatoms. The normalized spacial score (nSPS) is 18.3. The molecular weight excluding hydrogens is 414 g/mol. The molecule has 1 aliphatic heterocycles. The Morgan fingerprint density at radius 3 is 2.66 bits per heavy atom. The topological polar surface area (TPSA) is 66.0 Å². The van der Waals surface area contributed by atoms with Crippen molar-refractivity contribution in [3.05, 3.63) is 52.5 Å². The van der Waals surface area contributed by atoms with Gasteiger partial charge in [-0.1, -0.05) is 42.0 Å². The van der Waals surface area contributed by atoms with Gasteiger partial charge in [0.15, 0.2) is 11.5 Å². The zero-order valence-corrected chi connectivity index (χ0v) is 17.9. The van der Waals surface area contributed by atoms with Gasteiger partial charge in [-0.25, -0.2) is 0 Å². The van der Waals surface area contributed by atoms with Crippen molar-refractivity contribution in [3.8, 4) is 11.5 Å². The number of fused-ring (bicyclic) bond motifs is 1. The number of anilines is 1. The Hall–Kier alpha value is -2.35. The largest absolute Gasteiger partial charge is 0.493 e. The van der Waals surface area contributed by atoms with Crippen molar-refractivity contribution in [2.45, 2.75) is 25.6 Å². The summed E-state index contributed by atoms with van der Waals surface area (Å²) in [5.41, 5.74) is 2.12. The maximum Gasteiger partial charge on any atom is 0.308 e. The van der Waals surface area contributed by atoms with E-state index in [1.165, 1.54) is 0 Å². The van der Waals surface area contributed by atoms with E-state index in [2.05, 4.69) is 5.32 Å². The molecule has 0 radical (unpaired) electrons. The molecule has 0 spiro atoms. The standard InChI is InChI=1S/C21H22ClNO5S/c1-4-27-17(24)11-16-21(29)23-14-9-6-8-13(22)18(14)20(28-16)12-7-5-10-15(25-2)19(12)26-3/h5-10,16,20H,4,11H2,1-3H3,(H,23,29)/t16-,20-/m1/s1. The first-order valence-corrected chi connectivity index (χ1v) is 9.90. The number of thiocarbonyl (C=S) groups is 1. The van der Waals surface area contributed by atoms with Gasteiger partial charge in [-0.2, -0.15) is 0 Å². The predicted molar refractivity (Wildman–Crippen MR) is 115 cm³/mol. The van der Waals surface area contributed by atoms with Crippen LogP contribution in [0.2, 0.25) is 5.02 Å². The highest BCUT2D eigenvalue weighted by Crippen LogP contribution is 2.45. The van der Waals surface area contributed by atoms with E-state index in [0.29, 0.717) is 38.3 Å². The SMILES string of the molecule is CCOC(=O)C[C@H]1O[C@H](c2cccc(OC)c2OC)c2c(Cl)cccc2NC1=S. The van der Waals surface area contributed by atoms with Crippen LogP contribution in [0.5, 0.6) is 11.5 Å². The van der Waals surface area contributed by atoms with Crippen LogP contribution in [0.1, 0.15) is 30.6 Å². The van der Waals surface area contributed by atoms with Crippen LogP contribution in [-0.2, 0) is 14.3 Å². The van der Waals surface area contributed by atoms with E-state index in [-0.39, 0.29) is 13.0 Å². The third kappa shape index (κ3) is 4.47. The Balaban J connectivity index is 2.12. The molecule has 0 unspecified atom stereocenters. The number of esters is 1. The van der Waals surface area contributed by atoms with Crippen molar-refractivity contribution < 1.29 is 23.7 Å². The molecule has 1 heterocycles. The number of hydrogen-bond donors (Lipinski definition) is 1. The van der Waals surface area contributed by atoms with Crippen LogP contribution in [-0.4, -0.2) is 37.9 Å². The lowest BCUT2D eigenvalue weighted by molar-refractivity contribution is -0.145. The van der Waals surface area contributed by atoms with E-state index in [1.807, 2.05) is 24.3 Å². The van der Waals surface area contributed by atoms with Gasteiger partial charge in [-0.05, 0) is 25.1 Å². The molecule has 2 atom stereocenters. The second kappa shape index (κ2) is 9.43. The first-order valence-electron chi connectivity index (χ1n) is 9.11. The van der Waals surface area contributed by atoms with E-state index < -0.39 is 18.2 Å². The average molecular weight is 436 g/mol. The molecule has 1 aliphatic rings. The van der Waals surface area contributed by atoms with Crippen LogP contribution >= 0.6 is 23.8 Å². The fraction of sp³-hybridized carbons (Fsp3) is 0.333. The quantitative estimate of drug-likeness (QED) is 0.527. The Morgan fingerprint density at radius 2 is 1.97 bits per heavy atom. The lowest BCUT2D eigenvalue weighted by Crippen LogP contribution is -2.31. The van der Waals surface area contributed by atoms with Gasteiger partial charge in [0.2, 0.25) is 0 Å². The van der Waals surface area contributed by atoms with Crippen LogP contribution < -0.4 is 14.8 Å². The molecule has 2 aromatic rings. The maximum absolute atomic E-state index is 12.1. The van der Waals surface area contributed by atoms with Crippen LogP contribution in [0, 0.1) is 0 Å². The van der Waals surface area contributed by atoms with Crippen molar-refractivity contribution in [1.29, 1.82) is 0 Å². The molecule has 0 fully saturated rings. The second-order valence-corrected chi connectivity index (χ2v) is 7.13. The number of nitrogens with one attached hydrogen (secondary N) is 1. The molecule has 0 aliphatic carbocycles. The van der Waals surface area contributed by atoms with Gasteiger partial charge in [0.05, 0.1) is 27.2 Å². The first-order chi connectivity index (χ1) is 14.0. The number of carbonyl (C=O) groups excluding carboxylic acids is 1. The van der Waals surface area contributed by atoms with Gasteiger partial charge in [-0.15, -0.1) is 0 Å². The molecule has 3 rings (SSSR count). The average Bonchev–Trinajstić information content (AvgIpc) is 2.84. The molecule has 6 nitrogen and oxygen atoms in total. The monoisotopic (exact) mass is 435 g/mol. The summed E-state index contributed by atoms with van der Waals surface area (Å²) in [4.78, 5) is 12.5. The molecule has 0 amide bonds. The molecule has 0 bridgehead atoms. The number of rotatable bonds is 6. The highest BCUT2D eigenvalue weighted by Gasteiger charge is 2.34. The summed E-state index contributed by atoms with van der Waals surface area (Å²) in [6, 6.07) is 11.0. The van der Waals surface area contributed by atoms with E-state index in [9.17, 15) is 4.79 Å². The van der Waals surface area contributed by atoms with Crippen molar-refractivity contribution in [2.24, 2.45) is 0 Å². The third-order valence-corrected chi connectivity index (χ3v) is 5.23. The minimum atomic E-state index is -0.701. The number of halogens is 1. The Kier molecular flexibility index (Phi) is 6.95. The summed E-state index contributed by atoms with van der Waals surface area (Å²) in [6.45, 7) is 2.03. The van der Waals surface area contributed by atoms with E-state index in [0.717, 1.165) is 0 Å². The van der Waals surface area contributed by atoms with Crippen molar-refractivity contribution in [2.75, 3.05) is 26.1 Å². The van der Waals surface area contributed by atoms with Gasteiger partial charge >= 0.3 is 5.97 Å². The summed E-state index contributed by atoms with van der Waals surface area (Å²) >= 11 is 12.1. The molecule has 1 N–H and O–H groups in total. The molecule has 29 heavy (non-hydrogen) atoms. The van der Waals surface area contributed by atoms with E-state index in [1.54, 1.807) is 33.3 Å². The third-order valence-electron chi connectivity index (χ3n) is 4.54. The number of ether oxygens (including phenoxy) is 4. The van der Waals surface area contributed by atoms with Crippen molar-refractivity contribution >= 4 is 40.5 Å². The van der Waals surface area contributed by atoms with E-state index >= 15 is 0 Å². The zero-order valence-electron chi connectivity index (χ0n) is 16.4. The summed E-state index contributed by atoms with van der Waals surface area (Å²) in [7, 11) is 3.13. The van der Waals surface area contributed by atoms with Crippen LogP contribution in [0.15, 0.2) is 36.4 Å². The smallest absolute Gasteiger partial charge is 0.308 e. The minimum Gasteiger partial charge on any atom is -0.493 e. The van der Waals surface area contributed by atoms with Crippen LogP contribution in [0.25, 0.3) is 0 Å². The summed E-state index contributed by atoms with van der Waals surface area (Å²) in [5, 5.41) is 3.67. The molecule has 154 valence electrons. The molecule has 2 aromatic carbocycles. The van der Waals surface area contributed by atoms with Gasteiger partial charge in [0.25, 0.3) is 0 Å². The predicted octanol–water partition coefficient (Wildman–Crippen LogP) is 4.54. The summed E-state index contributed by atoms with van der Waals surface area (Å²) in [5.74, 6) is 0.688. The van der Waals surface area contributed by atoms with E-state index in [4.69, 9.17) is 42.8 Å². The van der Waals surface area contributed by atoms with Gasteiger partial charge < -0.3 is 24.3 Å². The Bertz CT molecular complexity index is 920. The molecule has 0 aromatic heterocycles. The fourth-order valence-electron chi connectivity index (χ4n) is 3.28. The summed E-state index contributed by atoms with van der Waals surface area (Å²) < 4.78 is 22.5. The summed E-state index contributed by atoms with van der Waals surface area (Å²) in [6.07, 6.45) is -1.36. The van der Waals surface area contributed by atoms with Gasteiger partial charge in [-0.3, -0.25) is 4.79 Å². The highest BCUT2D eigenvalue weighted by molar-refractivity contribution is 7.80. The lowest BCUT2D eigenvalue weighted by Gasteiger charge is -2.25. The molecular formula is C21H22ClNO5S. The Morgan fingerprint density at radius 1 is 1.21 bits per heavy atom. The number of hydrogen-bond acceptors (Lipinski definition) is 6. The van der Waals surface area contributed by atoms with Crippen LogP contribution in [0.3, 0.4) is 0 Å². The first kappa shape index (κ1) is 21.4. The number of methoxy groups -OCH3 is 2. The number of carbonyl (C=O) groups is 1. The second-order valence-electron chi connectivity index (χ2n) is 6.29. The lowest BCUT2D eigenvalue weighted by atomic mass is 9.98. The van der Waals surface area contributed by atoms with Crippen molar-refractivity contribution in [1.82, 2.24) is 0 Å². The minimum absolute atomic E-state index is 0.0198. The van der Waals surface area contributed by atoms with Crippen molar-refractivity contribution in [3.63, 3.8) is 0 Å². The maximum atomic E-state index is 12.1. The highest BCUT2D eigenvalue weighted by atomic mass is 35.5. The number of para-hydroxylation sites is 1. The van der Waals surface area contributed by atoms with Gasteiger partial charge in [0.1, 0.15) is 17.2 Å². The molecule has 0 saturated heterocycles. The van der Waals surface area contributed by atoms with Crippen LogP contribution in [0.4, 0.5) is 5.69 Å².